The van der Waals surface area contributed by atoms with Crippen molar-refractivity contribution >= 4 is 35.1 Å². The molecule has 2 aromatic carbocycles. The first-order valence-corrected chi connectivity index (χ1v) is 7.65. The molecule has 1 fully saturated rings. The maximum atomic E-state index is 12.1. The largest absolute Gasteiger partial charge is 0.326 e. The lowest BCUT2D eigenvalue weighted by Crippen LogP contribution is -2.22. The van der Waals surface area contributed by atoms with Crippen molar-refractivity contribution in [2.45, 2.75) is 12.5 Å². The SMILES string of the molecule is O=C(Cc1cccc(Cl)c1)Nc1ccc(C2NC(=O)NC2=O)cc1. The smallest absolute Gasteiger partial charge is 0.322 e. The number of carbonyl (C=O) groups is 3. The summed E-state index contributed by atoms with van der Waals surface area (Å²) in [7, 11) is 0. The van der Waals surface area contributed by atoms with Gasteiger partial charge in [-0.25, -0.2) is 4.79 Å². The summed E-state index contributed by atoms with van der Waals surface area (Å²) in [6, 6.07) is 12.6. The number of anilines is 1. The number of rotatable bonds is 4. The van der Waals surface area contributed by atoms with E-state index < -0.39 is 18.0 Å². The van der Waals surface area contributed by atoms with Gasteiger partial charge in [-0.2, -0.15) is 0 Å². The molecule has 1 unspecified atom stereocenters. The summed E-state index contributed by atoms with van der Waals surface area (Å²) >= 11 is 5.90. The Balaban J connectivity index is 1.63. The van der Waals surface area contributed by atoms with Crippen molar-refractivity contribution in [1.29, 1.82) is 0 Å². The number of nitrogens with one attached hydrogen (secondary N) is 3. The molecule has 1 heterocycles. The van der Waals surface area contributed by atoms with Gasteiger partial charge in [-0.3, -0.25) is 14.9 Å². The molecule has 1 aliphatic heterocycles. The highest BCUT2D eigenvalue weighted by Crippen LogP contribution is 2.19. The summed E-state index contributed by atoms with van der Waals surface area (Å²) in [5, 5.41) is 8.06. The summed E-state index contributed by atoms with van der Waals surface area (Å²) < 4.78 is 0. The third-order valence-electron chi connectivity index (χ3n) is 3.56. The first-order chi connectivity index (χ1) is 11.5. The Hall–Kier alpha value is -2.86. The van der Waals surface area contributed by atoms with Crippen molar-refractivity contribution in [3.63, 3.8) is 0 Å². The molecule has 0 aliphatic carbocycles. The molecule has 4 amide bonds. The minimum absolute atomic E-state index is 0.170. The van der Waals surface area contributed by atoms with E-state index in [2.05, 4.69) is 16.0 Å². The van der Waals surface area contributed by atoms with Gasteiger partial charge in [-0.1, -0.05) is 35.9 Å². The lowest BCUT2D eigenvalue weighted by Gasteiger charge is -2.10. The van der Waals surface area contributed by atoms with Crippen LogP contribution in [0.5, 0.6) is 0 Å². The van der Waals surface area contributed by atoms with Crippen LogP contribution in [0.25, 0.3) is 0 Å². The fraction of sp³-hybridized carbons (Fsp3) is 0.118. The first kappa shape index (κ1) is 16.0. The van der Waals surface area contributed by atoms with Gasteiger partial charge in [0.2, 0.25) is 5.91 Å². The molecule has 1 atom stereocenters. The van der Waals surface area contributed by atoms with E-state index in [1.54, 1.807) is 42.5 Å². The maximum absolute atomic E-state index is 12.1. The Morgan fingerprint density at radius 1 is 1.12 bits per heavy atom. The normalized spacial score (nSPS) is 16.5. The van der Waals surface area contributed by atoms with E-state index in [9.17, 15) is 14.4 Å². The lowest BCUT2D eigenvalue weighted by atomic mass is 10.1. The Labute approximate surface area is 143 Å². The fourth-order valence-corrected chi connectivity index (χ4v) is 2.66. The van der Waals surface area contributed by atoms with Crippen LogP contribution in [0.1, 0.15) is 17.2 Å². The van der Waals surface area contributed by atoms with Crippen molar-refractivity contribution in [3.05, 3.63) is 64.7 Å². The third-order valence-corrected chi connectivity index (χ3v) is 3.79. The van der Waals surface area contributed by atoms with Crippen LogP contribution in [-0.2, 0) is 16.0 Å². The molecular formula is C17H14ClN3O3. The molecule has 3 rings (SSSR count). The van der Waals surface area contributed by atoms with Gasteiger partial charge < -0.3 is 10.6 Å². The Kier molecular flexibility index (Phi) is 4.48. The maximum Gasteiger partial charge on any atom is 0.322 e. The van der Waals surface area contributed by atoms with Crippen molar-refractivity contribution in [2.75, 3.05) is 5.32 Å². The molecule has 0 bridgehead atoms. The van der Waals surface area contributed by atoms with E-state index >= 15 is 0 Å². The van der Waals surface area contributed by atoms with Gasteiger partial charge in [-0.15, -0.1) is 0 Å². The number of benzene rings is 2. The van der Waals surface area contributed by atoms with Crippen molar-refractivity contribution < 1.29 is 14.4 Å². The average Bonchev–Trinajstić information content (AvgIpc) is 2.86. The van der Waals surface area contributed by atoms with Crippen LogP contribution in [0, 0.1) is 0 Å². The second-order valence-corrected chi connectivity index (χ2v) is 5.81. The summed E-state index contributed by atoms with van der Waals surface area (Å²) in [5.41, 5.74) is 2.07. The van der Waals surface area contributed by atoms with E-state index in [1.165, 1.54) is 0 Å². The predicted molar refractivity (Wildman–Crippen MR) is 89.6 cm³/mol. The average molecular weight is 344 g/mol. The van der Waals surface area contributed by atoms with E-state index in [0.717, 1.165) is 5.56 Å². The monoisotopic (exact) mass is 343 g/mol. The molecule has 0 aromatic heterocycles. The van der Waals surface area contributed by atoms with Gasteiger partial charge in [0.1, 0.15) is 6.04 Å². The first-order valence-electron chi connectivity index (χ1n) is 7.27. The van der Waals surface area contributed by atoms with Crippen molar-refractivity contribution in [2.24, 2.45) is 0 Å². The molecule has 1 saturated heterocycles. The molecule has 1 aliphatic rings. The van der Waals surface area contributed by atoms with Gasteiger partial charge in [0.15, 0.2) is 0 Å². The van der Waals surface area contributed by atoms with Crippen LogP contribution in [0.2, 0.25) is 5.02 Å². The number of carbonyl (C=O) groups excluding carboxylic acids is 3. The van der Waals surface area contributed by atoms with Gasteiger partial charge >= 0.3 is 6.03 Å². The summed E-state index contributed by atoms with van der Waals surface area (Å²) in [6.07, 6.45) is 0.212. The van der Waals surface area contributed by atoms with Crippen molar-refractivity contribution in [1.82, 2.24) is 10.6 Å². The molecule has 24 heavy (non-hydrogen) atoms. The quantitative estimate of drug-likeness (QED) is 0.745. The highest BCUT2D eigenvalue weighted by Gasteiger charge is 2.30. The fourth-order valence-electron chi connectivity index (χ4n) is 2.45. The summed E-state index contributed by atoms with van der Waals surface area (Å²) in [5.74, 6) is -0.560. The number of urea groups is 1. The van der Waals surface area contributed by atoms with Crippen LogP contribution in [0.15, 0.2) is 48.5 Å². The third kappa shape index (κ3) is 3.72. The molecule has 0 saturated carbocycles. The molecule has 7 heteroatoms. The second-order valence-electron chi connectivity index (χ2n) is 5.37. The molecule has 3 N–H and O–H groups in total. The van der Waals surface area contributed by atoms with Crippen LogP contribution in [0.4, 0.5) is 10.5 Å². The van der Waals surface area contributed by atoms with Crippen LogP contribution >= 0.6 is 11.6 Å². The Bertz CT molecular complexity index is 805. The second kappa shape index (κ2) is 6.72. The number of imide groups is 1. The van der Waals surface area contributed by atoms with Gasteiger partial charge in [-0.05, 0) is 35.4 Å². The standard InChI is InChI=1S/C17H14ClN3O3/c18-12-3-1-2-10(8-12)9-14(22)19-13-6-4-11(5-7-13)15-16(23)21-17(24)20-15/h1-8,15H,9H2,(H,19,22)(H2,20,21,23,24). The van der Waals surface area contributed by atoms with E-state index in [-0.39, 0.29) is 12.3 Å². The van der Waals surface area contributed by atoms with Crippen LogP contribution < -0.4 is 16.0 Å². The Morgan fingerprint density at radius 2 is 1.88 bits per heavy atom. The number of hydrogen-bond acceptors (Lipinski definition) is 3. The summed E-state index contributed by atoms with van der Waals surface area (Å²) in [6.45, 7) is 0. The van der Waals surface area contributed by atoms with Gasteiger partial charge in [0.25, 0.3) is 5.91 Å². The molecule has 2 aromatic rings. The molecule has 0 radical (unpaired) electrons. The zero-order valence-electron chi connectivity index (χ0n) is 12.5. The number of hydrogen-bond donors (Lipinski definition) is 3. The number of amides is 4. The van der Waals surface area contributed by atoms with E-state index in [1.807, 2.05) is 6.07 Å². The topological polar surface area (TPSA) is 87.3 Å². The minimum atomic E-state index is -0.700. The Morgan fingerprint density at radius 3 is 2.50 bits per heavy atom. The zero-order chi connectivity index (χ0) is 17.1. The highest BCUT2D eigenvalue weighted by molar-refractivity contribution is 6.30. The zero-order valence-corrected chi connectivity index (χ0v) is 13.3. The highest BCUT2D eigenvalue weighted by atomic mass is 35.5. The van der Waals surface area contributed by atoms with Crippen molar-refractivity contribution in [3.8, 4) is 0 Å². The van der Waals surface area contributed by atoms with Gasteiger partial charge in [0.05, 0.1) is 6.42 Å². The number of halogens is 1. The lowest BCUT2D eigenvalue weighted by molar-refractivity contribution is -0.120. The summed E-state index contributed by atoms with van der Waals surface area (Å²) in [4.78, 5) is 34.8. The van der Waals surface area contributed by atoms with E-state index in [4.69, 9.17) is 11.6 Å². The molecule has 0 spiro atoms. The predicted octanol–water partition coefficient (Wildman–Crippen LogP) is 2.40. The van der Waals surface area contributed by atoms with E-state index in [0.29, 0.717) is 16.3 Å². The van der Waals surface area contributed by atoms with Crippen LogP contribution in [0.3, 0.4) is 0 Å². The van der Waals surface area contributed by atoms with Gasteiger partial charge in [0, 0.05) is 10.7 Å². The molecule has 122 valence electrons. The molecule has 6 nitrogen and oxygen atoms in total. The minimum Gasteiger partial charge on any atom is -0.326 e. The molecular weight excluding hydrogens is 330 g/mol. The van der Waals surface area contributed by atoms with Crippen LogP contribution in [-0.4, -0.2) is 17.8 Å².